The third-order valence-corrected chi connectivity index (χ3v) is 7.37. The van der Waals surface area contributed by atoms with Gasteiger partial charge >= 0.3 is 6.03 Å². The Morgan fingerprint density at radius 3 is 2.73 bits per heavy atom. The van der Waals surface area contributed by atoms with E-state index in [1.54, 1.807) is 6.92 Å². The summed E-state index contributed by atoms with van der Waals surface area (Å²) >= 11 is 0. The maximum atomic E-state index is 14.6. The van der Waals surface area contributed by atoms with Gasteiger partial charge in [-0.15, -0.1) is 4.36 Å². The molecule has 0 fully saturated rings. The number of hydrogen-bond donors (Lipinski definition) is 3. The SMILES string of the molecule is C[C@@]1(CO)Cn2ncc(S(N)(=O)=NC(=O)Nc3c4c(c(F)c5c3CC5)CCC4)c2O1. The van der Waals surface area contributed by atoms with Gasteiger partial charge in [0.15, 0.2) is 15.5 Å². The Labute approximate surface area is 172 Å². The lowest BCUT2D eigenvalue weighted by atomic mass is 9.83. The fourth-order valence-electron chi connectivity index (χ4n) is 4.41. The summed E-state index contributed by atoms with van der Waals surface area (Å²) in [6, 6.07) is -0.861. The Hall–Kier alpha value is -2.50. The summed E-state index contributed by atoms with van der Waals surface area (Å²) in [6.45, 7) is 1.68. The van der Waals surface area contributed by atoms with E-state index in [4.69, 9.17) is 9.88 Å². The van der Waals surface area contributed by atoms with Gasteiger partial charge in [-0.05, 0) is 61.3 Å². The summed E-state index contributed by atoms with van der Waals surface area (Å²) in [6.07, 6.45) is 4.73. The quantitative estimate of drug-likeness (QED) is 0.675. The van der Waals surface area contributed by atoms with Gasteiger partial charge in [-0.25, -0.2) is 23.2 Å². The van der Waals surface area contributed by atoms with Crippen molar-refractivity contribution in [2.45, 2.75) is 56.1 Å². The molecule has 3 aliphatic rings. The number of fused-ring (bicyclic) bond motifs is 3. The molecular formula is C19H22FN5O4S. The van der Waals surface area contributed by atoms with Crippen LogP contribution in [0.4, 0.5) is 14.9 Å². The molecule has 1 aromatic carbocycles. The first-order valence-electron chi connectivity index (χ1n) is 9.79. The van der Waals surface area contributed by atoms with Gasteiger partial charge in [-0.3, -0.25) is 0 Å². The van der Waals surface area contributed by atoms with Crippen LogP contribution in [-0.4, -0.2) is 37.3 Å². The molecule has 160 valence electrons. The van der Waals surface area contributed by atoms with E-state index in [0.29, 0.717) is 42.5 Å². The van der Waals surface area contributed by atoms with Crippen LogP contribution in [-0.2, 0) is 42.1 Å². The van der Waals surface area contributed by atoms with E-state index in [-0.39, 0.29) is 29.7 Å². The Morgan fingerprint density at radius 1 is 1.37 bits per heavy atom. The van der Waals surface area contributed by atoms with Crippen LogP contribution in [0.1, 0.15) is 35.6 Å². The second-order valence-electron chi connectivity index (χ2n) is 8.23. The highest BCUT2D eigenvalue weighted by Crippen LogP contribution is 2.42. The van der Waals surface area contributed by atoms with Crippen LogP contribution < -0.4 is 15.2 Å². The third kappa shape index (κ3) is 2.83. The summed E-state index contributed by atoms with van der Waals surface area (Å²) in [4.78, 5) is 12.6. The van der Waals surface area contributed by atoms with Crippen LogP contribution in [0.15, 0.2) is 15.5 Å². The molecule has 1 aromatic heterocycles. The third-order valence-electron chi connectivity index (χ3n) is 6.03. The highest BCUT2D eigenvalue weighted by Gasteiger charge is 2.39. The minimum Gasteiger partial charge on any atom is -0.466 e. The summed E-state index contributed by atoms with van der Waals surface area (Å²) < 4.78 is 38.4. The molecule has 5 rings (SSSR count). The van der Waals surface area contributed by atoms with Crippen molar-refractivity contribution in [2.24, 2.45) is 9.50 Å². The van der Waals surface area contributed by atoms with E-state index in [1.165, 1.54) is 10.9 Å². The van der Waals surface area contributed by atoms with Crippen LogP contribution in [0.2, 0.25) is 0 Å². The Balaban J connectivity index is 1.47. The fraction of sp³-hybridized carbons (Fsp3) is 0.474. The number of hydrogen-bond acceptors (Lipinski definition) is 5. The molecule has 2 heterocycles. The van der Waals surface area contributed by atoms with E-state index < -0.39 is 21.5 Å². The molecule has 30 heavy (non-hydrogen) atoms. The number of nitrogens with zero attached hydrogens (tertiary/aromatic N) is 3. The molecule has 4 N–H and O–H groups in total. The highest BCUT2D eigenvalue weighted by molar-refractivity contribution is 7.91. The second kappa shape index (κ2) is 6.50. The van der Waals surface area contributed by atoms with Gasteiger partial charge in [0.25, 0.3) is 0 Å². The van der Waals surface area contributed by atoms with Crippen molar-refractivity contribution >= 4 is 21.6 Å². The van der Waals surface area contributed by atoms with Crippen molar-refractivity contribution in [3.63, 3.8) is 0 Å². The minimum atomic E-state index is -3.65. The first-order valence-corrected chi connectivity index (χ1v) is 11.4. The number of nitrogens with two attached hydrogens (primary N) is 1. The minimum absolute atomic E-state index is 0.00725. The summed E-state index contributed by atoms with van der Waals surface area (Å²) in [5.41, 5.74) is 2.56. The van der Waals surface area contributed by atoms with Gasteiger partial charge in [0.2, 0.25) is 5.88 Å². The molecule has 0 radical (unpaired) electrons. The molecule has 2 amide bonds. The van der Waals surface area contributed by atoms with Crippen LogP contribution in [0.3, 0.4) is 0 Å². The lowest BCUT2D eigenvalue weighted by molar-refractivity contribution is 0.0399. The first kappa shape index (κ1) is 19.5. The Morgan fingerprint density at radius 2 is 2.03 bits per heavy atom. The average Bonchev–Trinajstić information content (AvgIpc) is 3.32. The van der Waals surface area contributed by atoms with Crippen LogP contribution in [0, 0.1) is 5.82 Å². The Bertz CT molecular complexity index is 1220. The number of rotatable bonds is 3. The molecule has 0 saturated carbocycles. The lowest BCUT2D eigenvalue weighted by Gasteiger charge is -2.26. The molecule has 9 nitrogen and oxygen atoms in total. The number of benzene rings is 1. The maximum absolute atomic E-state index is 14.6. The topological polar surface area (TPSA) is 132 Å². The number of ether oxygens (including phenoxy) is 1. The summed E-state index contributed by atoms with van der Waals surface area (Å²) in [5, 5.41) is 22.2. The van der Waals surface area contributed by atoms with E-state index in [2.05, 4.69) is 14.8 Å². The number of aromatic nitrogens is 2. The number of nitrogens with one attached hydrogen (secondary N) is 1. The van der Waals surface area contributed by atoms with Crippen molar-refractivity contribution in [3.8, 4) is 5.88 Å². The standard InChI is InChI=1S/C19H22FN5O4S/c1-19(9-26)8-25-17(29-19)14(7-22-25)30(21,28)24-18(27)23-16-12-4-2-3-10(12)15(20)11-5-6-13(11)16/h7,26H,2-6,8-9H2,1H3,(H3,21,23,24,27,28)/t19-,30?/m0/s1. The van der Waals surface area contributed by atoms with Gasteiger partial charge in [-0.1, -0.05) is 0 Å². The highest BCUT2D eigenvalue weighted by atomic mass is 32.2. The largest absolute Gasteiger partial charge is 0.466 e. The number of aliphatic hydroxyl groups is 1. The van der Waals surface area contributed by atoms with E-state index in [9.17, 15) is 18.5 Å². The molecule has 1 unspecified atom stereocenters. The normalized spacial score (nSPS) is 22.9. The summed E-state index contributed by atoms with van der Waals surface area (Å²) in [7, 11) is -3.65. The van der Waals surface area contributed by atoms with Crippen molar-refractivity contribution in [1.82, 2.24) is 9.78 Å². The number of urea groups is 1. The number of halogens is 1. The van der Waals surface area contributed by atoms with Crippen LogP contribution >= 0.6 is 0 Å². The molecule has 0 saturated heterocycles. The van der Waals surface area contributed by atoms with Gasteiger partial charge < -0.3 is 15.2 Å². The number of amides is 2. The maximum Gasteiger partial charge on any atom is 0.354 e. The zero-order valence-electron chi connectivity index (χ0n) is 16.4. The molecule has 2 atom stereocenters. The van der Waals surface area contributed by atoms with Crippen molar-refractivity contribution in [3.05, 3.63) is 34.3 Å². The van der Waals surface area contributed by atoms with Crippen molar-refractivity contribution < 1.29 is 23.2 Å². The molecule has 0 bridgehead atoms. The zero-order chi connectivity index (χ0) is 21.3. The monoisotopic (exact) mass is 435 g/mol. The van der Waals surface area contributed by atoms with E-state index >= 15 is 0 Å². The number of aliphatic hydroxyl groups excluding tert-OH is 1. The van der Waals surface area contributed by atoms with Crippen LogP contribution in [0.5, 0.6) is 5.88 Å². The predicted octanol–water partition coefficient (Wildman–Crippen LogP) is 1.69. The second-order valence-corrected chi connectivity index (χ2v) is 9.99. The zero-order valence-corrected chi connectivity index (χ0v) is 17.2. The smallest absolute Gasteiger partial charge is 0.354 e. The molecule has 0 spiro atoms. The summed E-state index contributed by atoms with van der Waals surface area (Å²) in [5.74, 6) is -0.0248. The van der Waals surface area contributed by atoms with Gasteiger partial charge in [0.1, 0.15) is 10.7 Å². The van der Waals surface area contributed by atoms with Crippen LogP contribution in [0.25, 0.3) is 0 Å². The van der Waals surface area contributed by atoms with Crippen molar-refractivity contribution in [1.29, 1.82) is 0 Å². The predicted molar refractivity (Wildman–Crippen MR) is 106 cm³/mol. The van der Waals surface area contributed by atoms with E-state index in [0.717, 1.165) is 17.5 Å². The molecule has 1 aliphatic heterocycles. The number of anilines is 1. The average molecular weight is 435 g/mol. The molecule has 2 aliphatic carbocycles. The number of carbonyl (C=O) groups excluding carboxylic acids is 1. The molecular weight excluding hydrogens is 413 g/mol. The number of carbonyl (C=O) groups is 1. The molecule has 11 heteroatoms. The van der Waals surface area contributed by atoms with Crippen molar-refractivity contribution in [2.75, 3.05) is 11.9 Å². The molecule has 2 aromatic rings. The van der Waals surface area contributed by atoms with E-state index in [1.807, 2.05) is 0 Å². The lowest BCUT2D eigenvalue weighted by Crippen LogP contribution is -2.35. The van der Waals surface area contributed by atoms with Gasteiger partial charge in [-0.2, -0.15) is 5.10 Å². The van der Waals surface area contributed by atoms with Gasteiger partial charge in [0, 0.05) is 5.69 Å². The fourth-order valence-corrected chi connectivity index (χ4v) is 5.40. The van der Waals surface area contributed by atoms with Gasteiger partial charge in [0.05, 0.1) is 19.3 Å². The Kier molecular flexibility index (Phi) is 4.21. The first-order chi connectivity index (χ1) is 14.2.